The van der Waals surface area contributed by atoms with Crippen LogP contribution < -0.4 is 5.73 Å². The minimum Gasteiger partial charge on any atom is -0.505 e. The van der Waals surface area contributed by atoms with Gasteiger partial charge in [-0.05, 0) is 6.92 Å². The molecule has 1 rings (SSSR count). The lowest BCUT2D eigenvalue weighted by atomic mass is 10.2. The van der Waals surface area contributed by atoms with Crippen molar-refractivity contribution in [2.24, 2.45) is 5.73 Å². The van der Waals surface area contributed by atoms with Crippen LogP contribution in [0.1, 0.15) is 6.92 Å². The zero-order chi connectivity index (χ0) is 7.02. The van der Waals surface area contributed by atoms with Crippen LogP contribution in [-0.4, -0.2) is 10.9 Å². The van der Waals surface area contributed by atoms with Crippen molar-refractivity contribution >= 4 is 5.78 Å². The summed E-state index contributed by atoms with van der Waals surface area (Å²) in [4.78, 5) is 10.6. The Morgan fingerprint density at radius 1 is 1.67 bits per heavy atom. The van der Waals surface area contributed by atoms with Gasteiger partial charge >= 0.3 is 0 Å². The Morgan fingerprint density at radius 2 is 2.22 bits per heavy atom. The second-order valence-corrected chi connectivity index (χ2v) is 1.94. The summed E-state index contributed by atoms with van der Waals surface area (Å²) in [6.45, 7) is 1.54. The fourth-order valence-electron chi connectivity index (χ4n) is 0.651. The highest BCUT2D eigenvalue weighted by molar-refractivity contribution is 6.07. The van der Waals surface area contributed by atoms with Crippen molar-refractivity contribution in [1.29, 1.82) is 0 Å². The van der Waals surface area contributed by atoms with Crippen LogP contribution in [-0.2, 0) is 4.79 Å². The largest absolute Gasteiger partial charge is 0.505 e. The number of ketones is 1. The minimum atomic E-state index is -0.204. The van der Waals surface area contributed by atoms with Gasteiger partial charge in [-0.15, -0.1) is 0 Å². The predicted octanol–water partition coefficient (Wildman–Crippen LogP) is 0.244. The molecule has 0 atom stereocenters. The molecule has 48 valence electrons. The van der Waals surface area contributed by atoms with E-state index in [1.54, 1.807) is 0 Å². The quantitative estimate of drug-likeness (QED) is 0.487. The number of aliphatic hydroxyl groups excluding tert-OH is 1. The van der Waals surface area contributed by atoms with Crippen molar-refractivity contribution in [2.75, 3.05) is 0 Å². The van der Waals surface area contributed by atoms with Gasteiger partial charge in [-0.25, -0.2) is 0 Å². The lowest BCUT2D eigenvalue weighted by molar-refractivity contribution is -0.111. The molecule has 0 aromatic rings. The maximum absolute atomic E-state index is 10.6. The molecule has 3 N–H and O–H groups in total. The summed E-state index contributed by atoms with van der Waals surface area (Å²) in [6.07, 6.45) is 1.21. The van der Waals surface area contributed by atoms with E-state index in [2.05, 4.69) is 0 Å². The Labute approximate surface area is 52.5 Å². The first-order valence-corrected chi connectivity index (χ1v) is 2.54. The van der Waals surface area contributed by atoms with E-state index in [-0.39, 0.29) is 17.2 Å². The molecule has 0 unspecified atom stereocenters. The fraction of sp³-hybridized carbons (Fsp3) is 0.167. The fourth-order valence-corrected chi connectivity index (χ4v) is 0.651. The molecule has 0 amide bonds. The molecule has 0 saturated carbocycles. The van der Waals surface area contributed by atoms with Gasteiger partial charge in [-0.1, -0.05) is 0 Å². The summed E-state index contributed by atoms with van der Waals surface area (Å²) >= 11 is 0. The Bertz CT molecular complexity index is 225. The number of hydrogen-bond acceptors (Lipinski definition) is 3. The summed E-state index contributed by atoms with van der Waals surface area (Å²) in [5, 5.41) is 8.90. The lowest BCUT2D eigenvalue weighted by Crippen LogP contribution is -1.96. The van der Waals surface area contributed by atoms with E-state index in [1.165, 1.54) is 13.0 Å². The summed E-state index contributed by atoms with van der Waals surface area (Å²) in [6, 6.07) is 0. The van der Waals surface area contributed by atoms with Crippen LogP contribution in [0.2, 0.25) is 0 Å². The van der Waals surface area contributed by atoms with Crippen molar-refractivity contribution in [1.82, 2.24) is 0 Å². The van der Waals surface area contributed by atoms with Crippen LogP contribution in [0.15, 0.2) is 23.1 Å². The van der Waals surface area contributed by atoms with Crippen LogP contribution in [0.5, 0.6) is 0 Å². The van der Waals surface area contributed by atoms with Gasteiger partial charge in [0.25, 0.3) is 0 Å². The zero-order valence-electron chi connectivity index (χ0n) is 5.01. The van der Waals surface area contributed by atoms with Crippen molar-refractivity contribution in [3.05, 3.63) is 23.1 Å². The molecule has 0 heterocycles. The average Bonchev–Trinajstić information content (AvgIpc) is 1.98. The predicted molar refractivity (Wildman–Crippen MR) is 32.6 cm³/mol. The normalized spacial score (nSPS) is 18.8. The van der Waals surface area contributed by atoms with Crippen molar-refractivity contribution < 1.29 is 9.90 Å². The number of carbonyl (C=O) groups is 1. The molecule has 0 fully saturated rings. The number of rotatable bonds is 0. The Kier molecular flexibility index (Phi) is 1.06. The molecule has 0 aromatic carbocycles. The van der Waals surface area contributed by atoms with Gasteiger partial charge in [0.2, 0.25) is 0 Å². The van der Waals surface area contributed by atoms with E-state index in [0.717, 1.165) is 0 Å². The third-order valence-electron chi connectivity index (χ3n) is 1.28. The van der Waals surface area contributed by atoms with Crippen LogP contribution in [0.3, 0.4) is 0 Å². The molecule has 1 aliphatic rings. The van der Waals surface area contributed by atoms with E-state index in [0.29, 0.717) is 5.57 Å². The highest BCUT2D eigenvalue weighted by atomic mass is 16.3. The maximum atomic E-state index is 10.6. The standard InChI is InChI=1S/C6H7NO2/c1-3-5(8)2-4(7)6(3)9/h2,9H,7H2,1H3. The molecular formula is C6H7NO2. The smallest absolute Gasteiger partial charge is 0.187 e. The third kappa shape index (κ3) is 0.700. The van der Waals surface area contributed by atoms with Gasteiger partial charge in [0.15, 0.2) is 5.78 Å². The van der Waals surface area contributed by atoms with Crippen LogP contribution in [0.25, 0.3) is 0 Å². The molecule has 3 nitrogen and oxygen atoms in total. The van der Waals surface area contributed by atoms with E-state index in [4.69, 9.17) is 10.8 Å². The second-order valence-electron chi connectivity index (χ2n) is 1.94. The molecule has 0 spiro atoms. The highest BCUT2D eigenvalue weighted by Crippen LogP contribution is 2.15. The zero-order valence-corrected chi connectivity index (χ0v) is 5.01. The van der Waals surface area contributed by atoms with Crippen LogP contribution >= 0.6 is 0 Å². The van der Waals surface area contributed by atoms with Crippen LogP contribution in [0.4, 0.5) is 0 Å². The van der Waals surface area contributed by atoms with Gasteiger partial charge in [0.1, 0.15) is 5.76 Å². The van der Waals surface area contributed by atoms with Crippen LogP contribution in [0, 0.1) is 0 Å². The van der Waals surface area contributed by atoms with Gasteiger partial charge < -0.3 is 10.8 Å². The molecule has 3 heteroatoms. The van der Waals surface area contributed by atoms with Gasteiger partial charge in [0, 0.05) is 11.6 Å². The van der Waals surface area contributed by atoms with Gasteiger partial charge in [-0.3, -0.25) is 4.79 Å². The third-order valence-corrected chi connectivity index (χ3v) is 1.28. The molecule has 0 saturated heterocycles. The first-order chi connectivity index (χ1) is 4.13. The lowest BCUT2D eigenvalue weighted by Gasteiger charge is -1.91. The van der Waals surface area contributed by atoms with Gasteiger partial charge in [0.05, 0.1) is 5.70 Å². The van der Waals surface area contributed by atoms with E-state index >= 15 is 0 Å². The Hall–Kier alpha value is -1.25. The molecular weight excluding hydrogens is 118 g/mol. The van der Waals surface area contributed by atoms with Crippen molar-refractivity contribution in [3.8, 4) is 0 Å². The Balaban J connectivity index is 3.11. The number of nitrogens with two attached hydrogens (primary N) is 1. The minimum absolute atomic E-state index is 0.0833. The topological polar surface area (TPSA) is 63.3 Å². The Morgan fingerprint density at radius 3 is 2.33 bits per heavy atom. The van der Waals surface area contributed by atoms with E-state index in [1.807, 2.05) is 0 Å². The van der Waals surface area contributed by atoms with Crippen molar-refractivity contribution in [3.63, 3.8) is 0 Å². The molecule has 0 aromatic heterocycles. The number of allylic oxidation sites excluding steroid dienone is 2. The SMILES string of the molecule is CC1=C(O)C(N)=CC1=O. The van der Waals surface area contributed by atoms with Crippen molar-refractivity contribution in [2.45, 2.75) is 6.92 Å². The first kappa shape index (κ1) is 5.88. The number of hydrogen-bond donors (Lipinski definition) is 2. The maximum Gasteiger partial charge on any atom is 0.187 e. The van der Waals surface area contributed by atoms with E-state index in [9.17, 15) is 4.79 Å². The molecule has 1 aliphatic carbocycles. The average molecular weight is 125 g/mol. The molecule has 0 aliphatic heterocycles. The number of carbonyl (C=O) groups excluding carboxylic acids is 1. The molecule has 0 bridgehead atoms. The number of aliphatic hydroxyl groups is 1. The summed E-state index contributed by atoms with van der Waals surface area (Å²) in [5.41, 5.74) is 5.68. The molecule has 9 heavy (non-hydrogen) atoms. The van der Waals surface area contributed by atoms with Gasteiger partial charge in [-0.2, -0.15) is 0 Å². The summed E-state index contributed by atoms with van der Waals surface area (Å²) in [5.74, 6) is -0.287. The van der Waals surface area contributed by atoms with E-state index < -0.39 is 0 Å². The highest BCUT2D eigenvalue weighted by Gasteiger charge is 2.17. The monoisotopic (exact) mass is 125 g/mol. The molecule has 0 radical (unpaired) electrons. The summed E-state index contributed by atoms with van der Waals surface area (Å²) < 4.78 is 0. The first-order valence-electron chi connectivity index (χ1n) is 2.54. The second kappa shape index (κ2) is 1.62. The summed E-state index contributed by atoms with van der Waals surface area (Å²) in [7, 11) is 0.